The van der Waals surface area contributed by atoms with Crippen molar-refractivity contribution in [3.8, 4) is 11.5 Å². The molecular formula is C21H22N2O5. The number of amides is 1. The summed E-state index contributed by atoms with van der Waals surface area (Å²) in [4.78, 5) is 24.1. The van der Waals surface area contributed by atoms with Crippen LogP contribution in [0.2, 0.25) is 0 Å². The second-order valence-electron chi connectivity index (χ2n) is 6.81. The molecule has 2 aromatic carbocycles. The topological polar surface area (TPSA) is 119 Å². The molecular weight excluding hydrogens is 360 g/mol. The highest BCUT2D eigenvalue weighted by atomic mass is 16.4. The maximum Gasteiger partial charge on any atom is 0.307 e. The van der Waals surface area contributed by atoms with Crippen molar-refractivity contribution in [2.24, 2.45) is 16.9 Å². The van der Waals surface area contributed by atoms with Crippen molar-refractivity contribution in [3.63, 3.8) is 0 Å². The van der Waals surface area contributed by atoms with E-state index in [4.69, 9.17) is 0 Å². The Labute approximate surface area is 162 Å². The van der Waals surface area contributed by atoms with E-state index >= 15 is 0 Å². The molecule has 7 heteroatoms. The van der Waals surface area contributed by atoms with Crippen LogP contribution in [0.25, 0.3) is 0 Å². The van der Waals surface area contributed by atoms with Crippen LogP contribution in [-0.4, -0.2) is 32.9 Å². The molecule has 1 amide bonds. The van der Waals surface area contributed by atoms with E-state index in [2.05, 4.69) is 10.5 Å². The molecule has 0 bridgehead atoms. The molecule has 3 rings (SSSR count). The number of carboxylic acids is 1. The molecule has 1 saturated carbocycles. The zero-order valence-corrected chi connectivity index (χ0v) is 15.2. The molecule has 0 spiro atoms. The average molecular weight is 382 g/mol. The summed E-state index contributed by atoms with van der Waals surface area (Å²) in [7, 11) is 0. The van der Waals surface area contributed by atoms with Gasteiger partial charge in [-0.3, -0.25) is 9.59 Å². The Hall–Kier alpha value is -3.35. The first-order valence-electron chi connectivity index (χ1n) is 9.16. The van der Waals surface area contributed by atoms with Crippen LogP contribution in [-0.2, 0) is 9.59 Å². The van der Waals surface area contributed by atoms with Gasteiger partial charge in [0.1, 0.15) is 17.2 Å². The van der Waals surface area contributed by atoms with E-state index in [0.29, 0.717) is 24.0 Å². The minimum atomic E-state index is -0.981. The van der Waals surface area contributed by atoms with Crippen LogP contribution in [0.1, 0.15) is 36.8 Å². The first-order chi connectivity index (χ1) is 13.5. The fourth-order valence-electron chi connectivity index (χ4n) is 3.55. The van der Waals surface area contributed by atoms with Crippen molar-refractivity contribution in [1.82, 2.24) is 5.43 Å². The maximum absolute atomic E-state index is 12.6. The first kappa shape index (κ1) is 19.4. The lowest BCUT2D eigenvalue weighted by Gasteiger charge is -2.26. The van der Waals surface area contributed by atoms with Gasteiger partial charge < -0.3 is 15.3 Å². The summed E-state index contributed by atoms with van der Waals surface area (Å²) in [6.45, 7) is 0. The van der Waals surface area contributed by atoms with Crippen molar-refractivity contribution in [1.29, 1.82) is 0 Å². The molecule has 1 fully saturated rings. The average Bonchev–Trinajstić information content (AvgIpc) is 2.70. The number of nitrogens with one attached hydrogen (secondary N) is 1. The molecule has 1 aliphatic carbocycles. The summed E-state index contributed by atoms with van der Waals surface area (Å²) >= 11 is 0. The van der Waals surface area contributed by atoms with Crippen LogP contribution in [0.15, 0.2) is 53.6 Å². The van der Waals surface area contributed by atoms with Crippen molar-refractivity contribution >= 4 is 17.6 Å². The molecule has 0 heterocycles. The molecule has 0 saturated heterocycles. The molecule has 2 unspecified atom stereocenters. The lowest BCUT2D eigenvalue weighted by atomic mass is 9.79. The molecule has 1 aliphatic rings. The third-order valence-electron chi connectivity index (χ3n) is 5.02. The first-order valence-corrected chi connectivity index (χ1v) is 9.16. The molecule has 28 heavy (non-hydrogen) atoms. The van der Waals surface area contributed by atoms with E-state index < -0.39 is 23.7 Å². The molecule has 0 aliphatic heterocycles. The second-order valence-corrected chi connectivity index (χ2v) is 6.81. The van der Waals surface area contributed by atoms with Gasteiger partial charge in [0, 0.05) is 11.1 Å². The van der Waals surface area contributed by atoms with Gasteiger partial charge in [-0.05, 0) is 37.1 Å². The zero-order chi connectivity index (χ0) is 20.1. The van der Waals surface area contributed by atoms with E-state index in [9.17, 15) is 24.9 Å². The number of carbonyl (C=O) groups excluding carboxylic acids is 1. The minimum absolute atomic E-state index is 0.0557. The number of phenolic OH excluding ortho intramolecular Hbond substituents is 2. The van der Waals surface area contributed by atoms with Gasteiger partial charge in [-0.2, -0.15) is 5.10 Å². The van der Waals surface area contributed by atoms with E-state index in [1.165, 1.54) is 12.1 Å². The van der Waals surface area contributed by atoms with Crippen LogP contribution in [0, 0.1) is 11.8 Å². The van der Waals surface area contributed by atoms with Crippen LogP contribution in [0.3, 0.4) is 0 Å². The lowest BCUT2D eigenvalue weighted by Crippen LogP contribution is -2.38. The van der Waals surface area contributed by atoms with E-state index in [1.807, 2.05) is 0 Å². The summed E-state index contributed by atoms with van der Waals surface area (Å²) in [6.07, 6.45) is 2.52. The van der Waals surface area contributed by atoms with E-state index in [-0.39, 0.29) is 17.2 Å². The third-order valence-corrected chi connectivity index (χ3v) is 5.02. The number of hydrogen-bond acceptors (Lipinski definition) is 5. The van der Waals surface area contributed by atoms with Gasteiger partial charge in [0.2, 0.25) is 5.91 Å². The Bertz CT molecular complexity index is 862. The monoisotopic (exact) mass is 382 g/mol. The second kappa shape index (κ2) is 8.56. The highest BCUT2D eigenvalue weighted by molar-refractivity contribution is 6.16. The number of nitrogens with zero attached hydrogens (tertiary/aromatic N) is 1. The van der Waals surface area contributed by atoms with Gasteiger partial charge >= 0.3 is 5.97 Å². The smallest absolute Gasteiger partial charge is 0.307 e. The largest absolute Gasteiger partial charge is 0.507 e. The summed E-state index contributed by atoms with van der Waals surface area (Å²) < 4.78 is 0. The Morgan fingerprint density at radius 1 is 0.857 bits per heavy atom. The van der Waals surface area contributed by atoms with Gasteiger partial charge in [0.25, 0.3) is 0 Å². The number of hydrazone groups is 1. The van der Waals surface area contributed by atoms with Crippen molar-refractivity contribution in [2.45, 2.75) is 25.7 Å². The van der Waals surface area contributed by atoms with E-state index in [0.717, 1.165) is 12.8 Å². The van der Waals surface area contributed by atoms with Crippen molar-refractivity contribution in [2.75, 3.05) is 0 Å². The maximum atomic E-state index is 12.6. The third kappa shape index (κ3) is 4.14. The van der Waals surface area contributed by atoms with E-state index in [1.54, 1.807) is 36.4 Å². The highest BCUT2D eigenvalue weighted by Gasteiger charge is 2.35. The van der Waals surface area contributed by atoms with Crippen molar-refractivity contribution in [3.05, 3.63) is 59.7 Å². The number of carbonyl (C=O) groups is 2. The normalized spacial score (nSPS) is 18.9. The molecule has 2 aromatic rings. The zero-order valence-electron chi connectivity index (χ0n) is 15.2. The van der Waals surface area contributed by atoms with Crippen LogP contribution < -0.4 is 5.43 Å². The molecule has 146 valence electrons. The molecule has 7 nitrogen and oxygen atoms in total. The quantitative estimate of drug-likeness (QED) is 0.468. The van der Waals surface area contributed by atoms with Crippen LogP contribution >= 0.6 is 0 Å². The number of aliphatic carboxylic acids is 1. The molecule has 0 aromatic heterocycles. The molecule has 0 radical (unpaired) electrons. The number of hydrogen-bond donors (Lipinski definition) is 4. The Balaban J connectivity index is 1.94. The molecule has 2 atom stereocenters. The predicted octanol–water partition coefficient (Wildman–Crippen LogP) is 2.86. The van der Waals surface area contributed by atoms with Crippen LogP contribution in [0.4, 0.5) is 0 Å². The molecule has 4 N–H and O–H groups in total. The predicted molar refractivity (Wildman–Crippen MR) is 103 cm³/mol. The van der Waals surface area contributed by atoms with Crippen molar-refractivity contribution < 1.29 is 24.9 Å². The lowest BCUT2D eigenvalue weighted by molar-refractivity contribution is -0.148. The minimum Gasteiger partial charge on any atom is -0.507 e. The van der Waals surface area contributed by atoms with Gasteiger partial charge in [-0.15, -0.1) is 0 Å². The SMILES string of the molecule is O=C(O)C1CCCCC1C(=O)NN=C(c1ccccc1O)c1ccccc1O. The number of para-hydroxylation sites is 2. The highest BCUT2D eigenvalue weighted by Crippen LogP contribution is 2.31. The van der Waals surface area contributed by atoms with Gasteiger partial charge in [0.15, 0.2) is 0 Å². The van der Waals surface area contributed by atoms with Crippen LogP contribution in [0.5, 0.6) is 11.5 Å². The number of carboxylic acid groups (broad SMARTS) is 1. The fourth-order valence-corrected chi connectivity index (χ4v) is 3.55. The summed E-state index contributed by atoms with van der Waals surface area (Å²) in [5.41, 5.74) is 3.31. The summed E-state index contributed by atoms with van der Waals surface area (Å²) in [5.74, 6) is -2.96. The number of benzene rings is 2. The Morgan fingerprint density at radius 2 is 1.36 bits per heavy atom. The summed E-state index contributed by atoms with van der Waals surface area (Å²) in [6, 6.07) is 12.9. The Morgan fingerprint density at radius 3 is 1.86 bits per heavy atom. The number of phenols is 2. The number of rotatable bonds is 5. The number of aromatic hydroxyl groups is 2. The van der Waals surface area contributed by atoms with Gasteiger partial charge in [-0.25, -0.2) is 5.43 Å². The van der Waals surface area contributed by atoms with Gasteiger partial charge in [0.05, 0.1) is 11.8 Å². The fraction of sp³-hybridized carbons (Fsp3) is 0.286. The Kier molecular flexibility index (Phi) is 5.93. The standard InChI is InChI=1S/C21H22N2O5/c24-17-11-5-3-9-15(17)19(16-10-4-6-12-18(16)25)22-23-20(26)13-7-1-2-8-14(13)21(27)28/h3-6,9-14,24-25H,1-2,7-8H2,(H,23,26)(H,27,28). The summed E-state index contributed by atoms with van der Waals surface area (Å²) in [5, 5.41) is 34.0. The van der Waals surface area contributed by atoms with Gasteiger partial charge in [-0.1, -0.05) is 37.1 Å².